The SMILES string of the molecule is COc1ncccc1Nc1ncc([N+](=O)[O-])c(N)n1. The van der Waals surface area contributed by atoms with Crippen LogP contribution in [-0.2, 0) is 0 Å². The number of nitrogens with zero attached hydrogens (tertiary/aromatic N) is 4. The first kappa shape index (κ1) is 12.5. The molecule has 9 nitrogen and oxygen atoms in total. The highest BCUT2D eigenvalue weighted by molar-refractivity contribution is 5.62. The van der Waals surface area contributed by atoms with Gasteiger partial charge in [0.2, 0.25) is 17.6 Å². The molecule has 2 heterocycles. The van der Waals surface area contributed by atoms with Crippen molar-refractivity contribution in [3.63, 3.8) is 0 Å². The van der Waals surface area contributed by atoms with Crippen molar-refractivity contribution in [1.29, 1.82) is 0 Å². The maximum atomic E-state index is 10.6. The summed E-state index contributed by atoms with van der Waals surface area (Å²) in [6, 6.07) is 3.40. The zero-order chi connectivity index (χ0) is 13.8. The second-order valence-corrected chi connectivity index (χ2v) is 3.41. The summed E-state index contributed by atoms with van der Waals surface area (Å²) in [5.74, 6) is 0.253. The Morgan fingerprint density at radius 2 is 2.26 bits per heavy atom. The number of nitro groups is 1. The van der Waals surface area contributed by atoms with Crippen molar-refractivity contribution in [3.05, 3.63) is 34.6 Å². The highest BCUT2D eigenvalue weighted by Crippen LogP contribution is 2.24. The summed E-state index contributed by atoms with van der Waals surface area (Å²) in [6.45, 7) is 0. The van der Waals surface area contributed by atoms with Gasteiger partial charge in [-0.3, -0.25) is 10.1 Å². The van der Waals surface area contributed by atoms with E-state index in [1.807, 2.05) is 0 Å². The summed E-state index contributed by atoms with van der Waals surface area (Å²) in [7, 11) is 1.47. The van der Waals surface area contributed by atoms with Crippen LogP contribution in [0.3, 0.4) is 0 Å². The Balaban J connectivity index is 2.29. The molecule has 9 heteroatoms. The van der Waals surface area contributed by atoms with Crippen molar-refractivity contribution in [3.8, 4) is 5.88 Å². The third kappa shape index (κ3) is 2.65. The Labute approximate surface area is 107 Å². The molecule has 0 unspecified atom stereocenters. The first-order chi connectivity index (χ1) is 9.11. The summed E-state index contributed by atoms with van der Waals surface area (Å²) in [4.78, 5) is 21.5. The van der Waals surface area contributed by atoms with E-state index >= 15 is 0 Å². The molecule has 19 heavy (non-hydrogen) atoms. The van der Waals surface area contributed by atoms with E-state index < -0.39 is 4.92 Å². The van der Waals surface area contributed by atoms with Gasteiger partial charge in [0.15, 0.2) is 0 Å². The van der Waals surface area contributed by atoms with Crippen LogP contribution < -0.4 is 15.8 Å². The Kier molecular flexibility index (Phi) is 3.37. The number of nitrogens with one attached hydrogen (secondary N) is 1. The van der Waals surface area contributed by atoms with Crippen molar-refractivity contribution in [2.75, 3.05) is 18.2 Å². The van der Waals surface area contributed by atoms with Crippen molar-refractivity contribution >= 4 is 23.1 Å². The molecule has 0 bridgehead atoms. The molecule has 0 aliphatic carbocycles. The van der Waals surface area contributed by atoms with E-state index in [-0.39, 0.29) is 17.5 Å². The quantitative estimate of drug-likeness (QED) is 0.619. The molecule has 0 aliphatic heterocycles. The predicted molar refractivity (Wildman–Crippen MR) is 67.2 cm³/mol. The molecule has 0 spiro atoms. The lowest BCUT2D eigenvalue weighted by Gasteiger charge is -2.08. The number of anilines is 3. The van der Waals surface area contributed by atoms with E-state index in [1.165, 1.54) is 7.11 Å². The van der Waals surface area contributed by atoms with E-state index in [4.69, 9.17) is 10.5 Å². The van der Waals surface area contributed by atoms with E-state index in [1.54, 1.807) is 18.3 Å². The molecular formula is C10H10N6O3. The lowest BCUT2D eigenvalue weighted by atomic mass is 10.4. The minimum Gasteiger partial charge on any atom is -0.480 e. The minimum atomic E-state index is -0.649. The summed E-state index contributed by atoms with van der Waals surface area (Å²) in [5.41, 5.74) is 5.65. The van der Waals surface area contributed by atoms with E-state index in [2.05, 4.69) is 20.3 Å². The van der Waals surface area contributed by atoms with E-state index in [0.717, 1.165) is 6.20 Å². The Morgan fingerprint density at radius 1 is 1.47 bits per heavy atom. The molecule has 0 saturated heterocycles. The van der Waals surface area contributed by atoms with Gasteiger partial charge in [-0.2, -0.15) is 4.98 Å². The Morgan fingerprint density at radius 3 is 2.89 bits per heavy atom. The topological polar surface area (TPSA) is 129 Å². The fourth-order valence-corrected chi connectivity index (χ4v) is 1.36. The molecule has 0 atom stereocenters. The normalized spacial score (nSPS) is 9.95. The number of hydrogen-bond acceptors (Lipinski definition) is 8. The highest BCUT2D eigenvalue weighted by Gasteiger charge is 2.15. The van der Waals surface area contributed by atoms with Gasteiger partial charge in [0, 0.05) is 6.20 Å². The van der Waals surface area contributed by atoms with Crippen LogP contribution in [0.25, 0.3) is 0 Å². The molecule has 2 rings (SSSR count). The van der Waals surface area contributed by atoms with Gasteiger partial charge in [-0.25, -0.2) is 9.97 Å². The smallest absolute Gasteiger partial charge is 0.329 e. The maximum absolute atomic E-state index is 10.6. The molecule has 0 radical (unpaired) electrons. The zero-order valence-electron chi connectivity index (χ0n) is 9.90. The average molecular weight is 262 g/mol. The van der Waals surface area contributed by atoms with Crippen LogP contribution in [0.15, 0.2) is 24.5 Å². The zero-order valence-corrected chi connectivity index (χ0v) is 9.90. The molecule has 3 N–H and O–H groups in total. The third-order valence-electron chi connectivity index (χ3n) is 2.21. The maximum Gasteiger partial charge on any atom is 0.329 e. The molecule has 0 saturated carbocycles. The Hall–Kier alpha value is -2.97. The second kappa shape index (κ2) is 5.12. The fourth-order valence-electron chi connectivity index (χ4n) is 1.36. The van der Waals surface area contributed by atoms with Crippen LogP contribution in [0.4, 0.5) is 23.1 Å². The van der Waals surface area contributed by atoms with Crippen molar-refractivity contribution in [2.45, 2.75) is 0 Å². The van der Waals surface area contributed by atoms with E-state index in [9.17, 15) is 10.1 Å². The van der Waals surface area contributed by atoms with Gasteiger partial charge in [0.05, 0.1) is 12.0 Å². The van der Waals surface area contributed by atoms with Crippen LogP contribution in [0.2, 0.25) is 0 Å². The average Bonchev–Trinajstić information content (AvgIpc) is 2.39. The van der Waals surface area contributed by atoms with E-state index in [0.29, 0.717) is 11.6 Å². The molecule has 0 aliphatic rings. The Bertz CT molecular complexity index is 618. The lowest BCUT2D eigenvalue weighted by Crippen LogP contribution is -2.04. The number of nitrogen functional groups attached to an aromatic ring is 1. The lowest BCUT2D eigenvalue weighted by molar-refractivity contribution is -0.384. The molecule has 2 aromatic rings. The number of methoxy groups -OCH3 is 1. The number of rotatable bonds is 4. The van der Waals surface area contributed by atoms with Gasteiger partial charge in [0.25, 0.3) is 0 Å². The summed E-state index contributed by atoms with van der Waals surface area (Å²) in [5, 5.41) is 13.4. The highest BCUT2D eigenvalue weighted by atomic mass is 16.6. The molecule has 0 amide bonds. The standard InChI is InChI=1S/C10H10N6O3/c1-19-9-6(3-2-4-12-9)14-10-13-5-7(16(17)18)8(11)15-10/h2-5H,1H3,(H3,11,13,14,15). The number of ether oxygens (including phenoxy) is 1. The van der Waals surface area contributed by atoms with Gasteiger partial charge in [-0.05, 0) is 12.1 Å². The monoisotopic (exact) mass is 262 g/mol. The van der Waals surface area contributed by atoms with Crippen LogP contribution in [0.5, 0.6) is 5.88 Å². The van der Waals surface area contributed by atoms with Gasteiger partial charge in [-0.15, -0.1) is 0 Å². The van der Waals surface area contributed by atoms with Gasteiger partial charge < -0.3 is 15.8 Å². The van der Waals surface area contributed by atoms with Crippen LogP contribution >= 0.6 is 0 Å². The summed E-state index contributed by atoms with van der Waals surface area (Å²) < 4.78 is 5.04. The molecule has 2 aromatic heterocycles. The summed E-state index contributed by atoms with van der Waals surface area (Å²) in [6.07, 6.45) is 2.60. The third-order valence-corrected chi connectivity index (χ3v) is 2.21. The molecule has 98 valence electrons. The largest absolute Gasteiger partial charge is 0.480 e. The first-order valence-electron chi connectivity index (χ1n) is 5.14. The van der Waals surface area contributed by atoms with Crippen LogP contribution in [-0.4, -0.2) is 27.0 Å². The number of nitrogens with two attached hydrogens (primary N) is 1. The second-order valence-electron chi connectivity index (χ2n) is 3.41. The number of hydrogen-bond donors (Lipinski definition) is 2. The first-order valence-corrected chi connectivity index (χ1v) is 5.14. The molecule has 0 fully saturated rings. The molecule has 0 aromatic carbocycles. The van der Waals surface area contributed by atoms with Gasteiger partial charge >= 0.3 is 5.69 Å². The predicted octanol–water partition coefficient (Wildman–Crippen LogP) is 1.11. The molecular weight excluding hydrogens is 252 g/mol. The van der Waals surface area contributed by atoms with Gasteiger partial charge in [-0.1, -0.05) is 0 Å². The van der Waals surface area contributed by atoms with Crippen LogP contribution in [0, 0.1) is 10.1 Å². The van der Waals surface area contributed by atoms with Crippen LogP contribution in [0.1, 0.15) is 0 Å². The number of pyridine rings is 1. The van der Waals surface area contributed by atoms with Crippen molar-refractivity contribution < 1.29 is 9.66 Å². The van der Waals surface area contributed by atoms with Gasteiger partial charge in [0.1, 0.15) is 11.9 Å². The van der Waals surface area contributed by atoms with Crippen molar-refractivity contribution in [2.24, 2.45) is 0 Å². The fraction of sp³-hybridized carbons (Fsp3) is 0.100. The minimum absolute atomic E-state index is 0.120. The number of aromatic nitrogens is 3. The van der Waals surface area contributed by atoms with Crippen molar-refractivity contribution in [1.82, 2.24) is 15.0 Å². The summed E-state index contributed by atoms with van der Waals surface area (Å²) >= 11 is 0.